The van der Waals surface area contributed by atoms with Crippen molar-refractivity contribution in [1.29, 1.82) is 0 Å². The summed E-state index contributed by atoms with van der Waals surface area (Å²) >= 11 is 9.52. The molecule has 4 heteroatoms. The van der Waals surface area contributed by atoms with Crippen LogP contribution in [-0.4, -0.2) is 23.5 Å². The topological polar surface area (TPSA) is 29.3 Å². The second-order valence-electron chi connectivity index (χ2n) is 4.85. The third kappa shape index (κ3) is 3.44. The number of halogens is 2. The minimum atomic E-state index is 0.370. The summed E-state index contributed by atoms with van der Waals surface area (Å²) < 4.78 is 0.955. The molecule has 1 aromatic rings. The SMILES string of the molecule is CC1CC(N)CCN1Cc1ccc(Br)c(Cl)c1. The van der Waals surface area contributed by atoms with E-state index >= 15 is 0 Å². The normalized spacial score (nSPS) is 26.1. The van der Waals surface area contributed by atoms with E-state index in [0.717, 1.165) is 35.4 Å². The van der Waals surface area contributed by atoms with Crippen molar-refractivity contribution in [2.24, 2.45) is 5.73 Å². The Bertz CT molecular complexity index is 397. The molecule has 2 N–H and O–H groups in total. The highest BCUT2D eigenvalue weighted by Gasteiger charge is 2.22. The molecular weight excluding hydrogens is 300 g/mol. The highest BCUT2D eigenvalue weighted by atomic mass is 79.9. The van der Waals surface area contributed by atoms with E-state index in [9.17, 15) is 0 Å². The van der Waals surface area contributed by atoms with Crippen LogP contribution in [0.1, 0.15) is 25.3 Å². The maximum absolute atomic E-state index is 6.11. The van der Waals surface area contributed by atoms with Crippen LogP contribution in [0.3, 0.4) is 0 Å². The predicted molar refractivity (Wildman–Crippen MR) is 76.2 cm³/mol. The lowest BCUT2D eigenvalue weighted by Gasteiger charge is -2.36. The van der Waals surface area contributed by atoms with Gasteiger partial charge in [0.25, 0.3) is 0 Å². The van der Waals surface area contributed by atoms with Crippen molar-refractivity contribution in [3.63, 3.8) is 0 Å². The van der Waals surface area contributed by atoms with Gasteiger partial charge in [-0.2, -0.15) is 0 Å². The Morgan fingerprint density at radius 2 is 2.29 bits per heavy atom. The van der Waals surface area contributed by atoms with E-state index < -0.39 is 0 Å². The molecule has 94 valence electrons. The number of piperidine rings is 1. The monoisotopic (exact) mass is 316 g/mol. The summed E-state index contributed by atoms with van der Waals surface area (Å²) in [5, 5.41) is 0.781. The lowest BCUT2D eigenvalue weighted by molar-refractivity contribution is 0.140. The molecular formula is C13H18BrClN2. The average molecular weight is 318 g/mol. The molecule has 0 spiro atoms. The van der Waals surface area contributed by atoms with Crippen molar-refractivity contribution in [3.05, 3.63) is 33.3 Å². The van der Waals surface area contributed by atoms with Crippen LogP contribution in [0.5, 0.6) is 0 Å². The minimum absolute atomic E-state index is 0.370. The molecule has 0 radical (unpaired) electrons. The standard InChI is InChI=1S/C13H18BrClN2/c1-9-6-11(16)4-5-17(9)8-10-2-3-12(14)13(15)7-10/h2-3,7,9,11H,4-6,8,16H2,1H3. The minimum Gasteiger partial charge on any atom is -0.328 e. The van der Waals surface area contributed by atoms with E-state index in [0.29, 0.717) is 12.1 Å². The van der Waals surface area contributed by atoms with E-state index in [1.807, 2.05) is 12.1 Å². The summed E-state index contributed by atoms with van der Waals surface area (Å²) in [5.74, 6) is 0. The second-order valence-corrected chi connectivity index (χ2v) is 6.11. The molecule has 1 fully saturated rings. The third-order valence-corrected chi connectivity index (χ3v) is 4.66. The molecule has 1 aromatic carbocycles. The van der Waals surface area contributed by atoms with Gasteiger partial charge < -0.3 is 5.73 Å². The molecule has 1 aliphatic rings. The number of hydrogen-bond acceptors (Lipinski definition) is 2. The summed E-state index contributed by atoms with van der Waals surface area (Å²) in [4.78, 5) is 2.48. The Morgan fingerprint density at radius 1 is 1.53 bits per heavy atom. The fourth-order valence-electron chi connectivity index (χ4n) is 2.36. The van der Waals surface area contributed by atoms with E-state index in [2.05, 4.69) is 33.8 Å². The molecule has 0 bridgehead atoms. The van der Waals surface area contributed by atoms with E-state index in [4.69, 9.17) is 17.3 Å². The molecule has 0 aliphatic carbocycles. The van der Waals surface area contributed by atoms with Gasteiger partial charge in [0.05, 0.1) is 5.02 Å². The van der Waals surface area contributed by atoms with Crippen molar-refractivity contribution >= 4 is 27.5 Å². The average Bonchev–Trinajstić information content (AvgIpc) is 2.27. The van der Waals surface area contributed by atoms with Crippen molar-refractivity contribution in [1.82, 2.24) is 4.90 Å². The largest absolute Gasteiger partial charge is 0.328 e. The van der Waals surface area contributed by atoms with E-state index in [1.54, 1.807) is 0 Å². The number of rotatable bonds is 2. The molecule has 1 heterocycles. The van der Waals surface area contributed by atoms with Crippen LogP contribution in [0.25, 0.3) is 0 Å². The van der Waals surface area contributed by atoms with E-state index in [1.165, 1.54) is 5.56 Å². The number of hydrogen-bond donors (Lipinski definition) is 1. The first-order chi connectivity index (χ1) is 8.06. The fraction of sp³-hybridized carbons (Fsp3) is 0.538. The van der Waals surface area contributed by atoms with Crippen molar-refractivity contribution in [3.8, 4) is 0 Å². The summed E-state index contributed by atoms with van der Waals surface area (Å²) in [6, 6.07) is 7.10. The summed E-state index contributed by atoms with van der Waals surface area (Å²) in [7, 11) is 0. The molecule has 0 amide bonds. The Balaban J connectivity index is 2.02. The molecule has 1 aliphatic heterocycles. The van der Waals surface area contributed by atoms with Crippen LogP contribution in [0.2, 0.25) is 5.02 Å². The van der Waals surface area contributed by atoms with Gasteiger partial charge in [-0.25, -0.2) is 0 Å². The van der Waals surface area contributed by atoms with Crippen LogP contribution in [-0.2, 0) is 6.54 Å². The highest BCUT2D eigenvalue weighted by Crippen LogP contribution is 2.25. The van der Waals surface area contributed by atoms with Crippen LogP contribution >= 0.6 is 27.5 Å². The first kappa shape index (κ1) is 13.3. The first-order valence-corrected chi connectivity index (χ1v) is 7.17. The first-order valence-electron chi connectivity index (χ1n) is 6.00. The van der Waals surface area contributed by atoms with Crippen LogP contribution < -0.4 is 5.73 Å². The van der Waals surface area contributed by atoms with Gasteiger partial charge in [0.15, 0.2) is 0 Å². The van der Waals surface area contributed by atoms with Gasteiger partial charge in [0.2, 0.25) is 0 Å². The number of nitrogens with zero attached hydrogens (tertiary/aromatic N) is 1. The molecule has 2 atom stereocenters. The zero-order valence-corrected chi connectivity index (χ0v) is 12.3. The van der Waals surface area contributed by atoms with Gasteiger partial charge in [-0.3, -0.25) is 4.90 Å². The quantitative estimate of drug-likeness (QED) is 0.905. The van der Waals surface area contributed by atoms with Gasteiger partial charge in [0.1, 0.15) is 0 Å². The number of nitrogens with two attached hydrogens (primary N) is 1. The van der Waals surface area contributed by atoms with Gasteiger partial charge in [-0.05, 0) is 53.4 Å². The van der Waals surface area contributed by atoms with E-state index in [-0.39, 0.29) is 0 Å². The molecule has 2 nitrogen and oxygen atoms in total. The van der Waals surface area contributed by atoms with Crippen LogP contribution in [0.15, 0.2) is 22.7 Å². The lowest BCUT2D eigenvalue weighted by atomic mass is 9.98. The molecule has 1 saturated heterocycles. The smallest absolute Gasteiger partial charge is 0.0551 e. The zero-order chi connectivity index (χ0) is 12.4. The van der Waals surface area contributed by atoms with Crippen LogP contribution in [0.4, 0.5) is 0 Å². The van der Waals surface area contributed by atoms with Gasteiger partial charge in [-0.15, -0.1) is 0 Å². The van der Waals surface area contributed by atoms with Crippen molar-refractivity contribution in [2.75, 3.05) is 6.54 Å². The highest BCUT2D eigenvalue weighted by molar-refractivity contribution is 9.10. The predicted octanol–water partition coefficient (Wildman–Crippen LogP) is 3.41. The summed E-state index contributed by atoms with van der Waals surface area (Å²) in [6.45, 7) is 4.29. The van der Waals surface area contributed by atoms with Crippen molar-refractivity contribution < 1.29 is 0 Å². The fourth-order valence-corrected chi connectivity index (χ4v) is 2.81. The molecule has 2 unspecified atom stereocenters. The summed E-state index contributed by atoms with van der Waals surface area (Å²) in [6.07, 6.45) is 2.18. The maximum atomic E-state index is 6.11. The molecule has 0 aromatic heterocycles. The Kier molecular flexibility index (Phi) is 4.47. The number of benzene rings is 1. The third-order valence-electron chi connectivity index (χ3n) is 3.42. The Hall–Kier alpha value is -0.0900. The van der Waals surface area contributed by atoms with Crippen LogP contribution in [0, 0.1) is 0 Å². The van der Waals surface area contributed by atoms with Crippen molar-refractivity contribution in [2.45, 2.75) is 38.4 Å². The van der Waals surface area contributed by atoms with Gasteiger partial charge in [0, 0.05) is 29.6 Å². The molecule has 0 saturated carbocycles. The van der Waals surface area contributed by atoms with Gasteiger partial charge >= 0.3 is 0 Å². The Labute approximate surface area is 116 Å². The Morgan fingerprint density at radius 3 is 2.94 bits per heavy atom. The second kappa shape index (κ2) is 5.70. The zero-order valence-electron chi connectivity index (χ0n) is 10.00. The molecule has 2 rings (SSSR count). The lowest BCUT2D eigenvalue weighted by Crippen LogP contribution is -2.44. The maximum Gasteiger partial charge on any atom is 0.0551 e. The number of likely N-dealkylation sites (tertiary alicyclic amines) is 1. The molecule has 17 heavy (non-hydrogen) atoms. The van der Waals surface area contributed by atoms with Gasteiger partial charge in [-0.1, -0.05) is 17.7 Å². The summed E-state index contributed by atoms with van der Waals surface area (Å²) in [5.41, 5.74) is 7.24.